The van der Waals surface area contributed by atoms with Crippen molar-refractivity contribution in [1.82, 2.24) is 0 Å². The van der Waals surface area contributed by atoms with E-state index in [4.69, 9.17) is 9.52 Å². The number of furan rings is 1. The van der Waals surface area contributed by atoms with E-state index in [1.165, 1.54) is 13.4 Å². The Balaban J connectivity index is 3.19. The summed E-state index contributed by atoms with van der Waals surface area (Å²) in [4.78, 5) is 11.4. The van der Waals surface area contributed by atoms with Gasteiger partial charge >= 0.3 is 5.97 Å². The number of aliphatic hydroxyl groups is 1. The van der Waals surface area contributed by atoms with Crippen LogP contribution in [0.2, 0.25) is 0 Å². The molecule has 4 nitrogen and oxygen atoms in total. The molecular weight excluding hydrogens is 184 g/mol. The maximum Gasteiger partial charge on any atom is 0.341 e. The van der Waals surface area contributed by atoms with Crippen LogP contribution in [0, 0.1) is 0 Å². The highest BCUT2D eigenvalue weighted by atomic mass is 16.5. The second-order valence-electron chi connectivity index (χ2n) is 3.30. The highest BCUT2D eigenvalue weighted by Gasteiger charge is 2.22. The number of aliphatic hydroxyl groups excluding tert-OH is 1. The van der Waals surface area contributed by atoms with E-state index in [1.807, 2.05) is 13.8 Å². The highest BCUT2D eigenvalue weighted by molar-refractivity contribution is 5.92. The molecule has 1 aromatic rings. The van der Waals surface area contributed by atoms with E-state index in [9.17, 15) is 4.79 Å². The third-order valence-electron chi connectivity index (χ3n) is 1.98. The molecule has 4 heteroatoms. The number of hydrogen-bond donors (Lipinski definition) is 1. The van der Waals surface area contributed by atoms with Crippen LogP contribution in [-0.2, 0) is 11.3 Å². The minimum absolute atomic E-state index is 0.0874. The van der Waals surface area contributed by atoms with Gasteiger partial charge in [-0.25, -0.2) is 4.79 Å². The van der Waals surface area contributed by atoms with Crippen LogP contribution < -0.4 is 0 Å². The zero-order valence-corrected chi connectivity index (χ0v) is 8.53. The number of methoxy groups -OCH3 is 1. The SMILES string of the molecule is COC(=O)c1c(CO)coc1C(C)C. The summed E-state index contributed by atoms with van der Waals surface area (Å²) in [6.45, 7) is 3.60. The van der Waals surface area contributed by atoms with Gasteiger partial charge in [0.05, 0.1) is 20.0 Å². The Kier molecular flexibility index (Phi) is 3.30. The summed E-state index contributed by atoms with van der Waals surface area (Å²) >= 11 is 0. The van der Waals surface area contributed by atoms with Gasteiger partial charge in [-0.1, -0.05) is 13.8 Å². The third kappa shape index (κ3) is 1.80. The fraction of sp³-hybridized carbons (Fsp3) is 0.500. The van der Waals surface area contributed by atoms with E-state index >= 15 is 0 Å². The molecule has 0 fully saturated rings. The lowest BCUT2D eigenvalue weighted by Gasteiger charge is -2.04. The van der Waals surface area contributed by atoms with E-state index < -0.39 is 5.97 Å². The summed E-state index contributed by atoms with van der Waals surface area (Å²) in [5, 5.41) is 8.99. The lowest BCUT2D eigenvalue weighted by atomic mass is 10.0. The summed E-state index contributed by atoms with van der Waals surface area (Å²) in [7, 11) is 1.31. The lowest BCUT2D eigenvalue weighted by molar-refractivity contribution is 0.0594. The molecule has 0 saturated heterocycles. The van der Waals surface area contributed by atoms with Gasteiger partial charge in [-0.3, -0.25) is 0 Å². The molecule has 0 saturated carbocycles. The van der Waals surface area contributed by atoms with Gasteiger partial charge in [-0.15, -0.1) is 0 Å². The van der Waals surface area contributed by atoms with Crippen molar-refractivity contribution in [3.63, 3.8) is 0 Å². The van der Waals surface area contributed by atoms with Crippen LogP contribution in [-0.4, -0.2) is 18.2 Å². The average Bonchev–Trinajstić information content (AvgIpc) is 2.59. The van der Waals surface area contributed by atoms with Gasteiger partial charge in [-0.05, 0) is 0 Å². The van der Waals surface area contributed by atoms with Crippen LogP contribution >= 0.6 is 0 Å². The quantitative estimate of drug-likeness (QED) is 0.751. The second kappa shape index (κ2) is 4.28. The Bertz CT molecular complexity index is 325. The molecule has 0 spiro atoms. The molecule has 0 bridgehead atoms. The van der Waals surface area contributed by atoms with Gasteiger partial charge < -0.3 is 14.3 Å². The van der Waals surface area contributed by atoms with Crippen molar-refractivity contribution in [3.05, 3.63) is 23.2 Å². The Morgan fingerprint density at radius 3 is 2.71 bits per heavy atom. The fourth-order valence-electron chi connectivity index (χ4n) is 1.29. The molecule has 0 radical (unpaired) electrons. The van der Waals surface area contributed by atoms with Crippen molar-refractivity contribution in [2.24, 2.45) is 0 Å². The van der Waals surface area contributed by atoms with Crippen molar-refractivity contribution in [1.29, 1.82) is 0 Å². The van der Waals surface area contributed by atoms with Crippen LogP contribution in [0.3, 0.4) is 0 Å². The molecule has 1 N–H and O–H groups in total. The van der Waals surface area contributed by atoms with Crippen LogP contribution in [0.25, 0.3) is 0 Å². The summed E-state index contributed by atoms with van der Waals surface area (Å²) in [5.41, 5.74) is 0.825. The van der Waals surface area contributed by atoms with Crippen LogP contribution in [0.4, 0.5) is 0 Å². The normalized spacial score (nSPS) is 10.6. The molecule has 14 heavy (non-hydrogen) atoms. The fourth-order valence-corrected chi connectivity index (χ4v) is 1.29. The summed E-state index contributed by atoms with van der Waals surface area (Å²) in [6.07, 6.45) is 1.39. The van der Waals surface area contributed by atoms with E-state index in [-0.39, 0.29) is 12.5 Å². The Labute approximate surface area is 82.5 Å². The van der Waals surface area contributed by atoms with Crippen LogP contribution in [0.5, 0.6) is 0 Å². The zero-order valence-electron chi connectivity index (χ0n) is 8.53. The first kappa shape index (κ1) is 10.8. The number of rotatable bonds is 3. The standard InChI is InChI=1S/C10H14O4/c1-6(2)9-8(10(12)13-3)7(4-11)5-14-9/h5-6,11H,4H2,1-3H3. The first-order chi connectivity index (χ1) is 6.61. The predicted octanol–water partition coefficient (Wildman–Crippen LogP) is 1.68. The van der Waals surface area contributed by atoms with Gasteiger partial charge in [0.15, 0.2) is 0 Å². The van der Waals surface area contributed by atoms with Crippen molar-refractivity contribution in [3.8, 4) is 0 Å². The largest absolute Gasteiger partial charge is 0.468 e. The maximum absolute atomic E-state index is 11.4. The monoisotopic (exact) mass is 198 g/mol. The summed E-state index contributed by atoms with van der Waals surface area (Å²) in [5.74, 6) is 0.178. The minimum atomic E-state index is -0.466. The number of carbonyl (C=O) groups excluding carboxylic acids is 1. The average molecular weight is 198 g/mol. The lowest BCUT2D eigenvalue weighted by Crippen LogP contribution is -2.07. The van der Waals surface area contributed by atoms with E-state index in [1.54, 1.807) is 0 Å². The molecule has 1 aromatic heterocycles. The number of hydrogen-bond acceptors (Lipinski definition) is 4. The molecule has 78 valence electrons. The zero-order chi connectivity index (χ0) is 10.7. The number of esters is 1. The van der Waals surface area contributed by atoms with Crippen molar-refractivity contribution < 1.29 is 19.1 Å². The highest BCUT2D eigenvalue weighted by Crippen LogP contribution is 2.25. The van der Waals surface area contributed by atoms with Gasteiger partial charge in [-0.2, -0.15) is 0 Å². The maximum atomic E-state index is 11.4. The van der Waals surface area contributed by atoms with Gasteiger partial charge in [0, 0.05) is 11.5 Å². The number of carbonyl (C=O) groups is 1. The number of ether oxygens (including phenoxy) is 1. The molecule has 1 heterocycles. The van der Waals surface area contributed by atoms with E-state index in [0.717, 1.165) is 0 Å². The molecule has 0 aliphatic rings. The van der Waals surface area contributed by atoms with Crippen molar-refractivity contribution in [2.45, 2.75) is 26.4 Å². The molecule has 0 unspecified atom stereocenters. The molecular formula is C10H14O4. The van der Waals surface area contributed by atoms with Crippen LogP contribution in [0.15, 0.2) is 10.7 Å². The Hall–Kier alpha value is -1.29. The first-order valence-corrected chi connectivity index (χ1v) is 4.41. The van der Waals surface area contributed by atoms with E-state index in [2.05, 4.69) is 4.74 Å². The first-order valence-electron chi connectivity index (χ1n) is 4.41. The van der Waals surface area contributed by atoms with Gasteiger partial charge in [0.25, 0.3) is 0 Å². The minimum Gasteiger partial charge on any atom is -0.468 e. The molecule has 0 aliphatic carbocycles. The second-order valence-corrected chi connectivity index (χ2v) is 3.30. The topological polar surface area (TPSA) is 59.7 Å². The molecule has 1 rings (SSSR count). The van der Waals surface area contributed by atoms with Crippen molar-refractivity contribution in [2.75, 3.05) is 7.11 Å². The van der Waals surface area contributed by atoms with E-state index in [0.29, 0.717) is 16.9 Å². The molecule has 0 amide bonds. The van der Waals surface area contributed by atoms with Gasteiger partial charge in [0.2, 0.25) is 0 Å². The summed E-state index contributed by atoms with van der Waals surface area (Å²) < 4.78 is 9.83. The smallest absolute Gasteiger partial charge is 0.341 e. The molecule has 0 aliphatic heterocycles. The molecule has 0 aromatic carbocycles. The Morgan fingerprint density at radius 1 is 1.64 bits per heavy atom. The van der Waals surface area contributed by atoms with Crippen molar-refractivity contribution >= 4 is 5.97 Å². The molecule has 0 atom stereocenters. The third-order valence-corrected chi connectivity index (χ3v) is 1.98. The predicted molar refractivity (Wildman–Crippen MR) is 50.1 cm³/mol. The van der Waals surface area contributed by atoms with Gasteiger partial charge in [0.1, 0.15) is 11.3 Å². The summed E-state index contributed by atoms with van der Waals surface area (Å²) in [6, 6.07) is 0. The van der Waals surface area contributed by atoms with Crippen LogP contribution in [0.1, 0.15) is 41.4 Å². The Morgan fingerprint density at radius 2 is 2.29 bits per heavy atom.